The van der Waals surface area contributed by atoms with Gasteiger partial charge in [-0.15, -0.1) is 0 Å². The lowest BCUT2D eigenvalue weighted by atomic mass is 9.81. The van der Waals surface area contributed by atoms with Gasteiger partial charge in [0, 0.05) is 13.5 Å². The van der Waals surface area contributed by atoms with Crippen molar-refractivity contribution in [3.05, 3.63) is 78.1 Å². The molecule has 1 saturated heterocycles. The van der Waals surface area contributed by atoms with E-state index >= 15 is 0 Å². The lowest BCUT2D eigenvalue weighted by Gasteiger charge is -2.41. The number of rotatable bonds is 7. The van der Waals surface area contributed by atoms with Crippen molar-refractivity contribution in [2.45, 2.75) is 44.9 Å². The van der Waals surface area contributed by atoms with Gasteiger partial charge in [0.05, 0.1) is 0 Å². The molecule has 1 aliphatic rings. The summed E-state index contributed by atoms with van der Waals surface area (Å²) in [5, 5.41) is 0. The third kappa shape index (κ3) is 5.96. The molecule has 158 valence electrons. The molecule has 3 rings (SSSR count). The molecule has 0 unspecified atom stereocenters. The number of carbonyl (C=O) groups is 1. The number of allylic oxidation sites excluding steroid dienone is 1. The van der Waals surface area contributed by atoms with E-state index < -0.39 is 8.07 Å². The van der Waals surface area contributed by atoms with E-state index in [-0.39, 0.29) is 18.0 Å². The summed E-state index contributed by atoms with van der Waals surface area (Å²) >= 11 is 0. The highest BCUT2D eigenvalue weighted by Crippen LogP contribution is 2.46. The normalized spacial score (nSPS) is 17.8. The first kappa shape index (κ1) is 22.1. The molecular weight excluding hydrogens is 388 g/mol. The molecule has 1 heterocycles. The van der Waals surface area contributed by atoms with Crippen molar-refractivity contribution in [3.63, 3.8) is 0 Å². The van der Waals surface area contributed by atoms with Gasteiger partial charge >= 0.3 is 5.97 Å². The number of hydrogen-bond donors (Lipinski definition) is 0. The maximum Gasteiger partial charge on any atom is 0.349 e. The monoisotopic (exact) mass is 420 g/mol. The molecule has 0 amide bonds. The molecule has 0 aromatic heterocycles. The van der Waals surface area contributed by atoms with Crippen LogP contribution in [0.15, 0.2) is 66.9 Å². The number of benzene rings is 2. The smallest absolute Gasteiger partial charge is 0.349 e. The van der Waals surface area contributed by atoms with Crippen molar-refractivity contribution in [2.75, 3.05) is 6.61 Å². The molecule has 0 aliphatic carbocycles. The van der Waals surface area contributed by atoms with Crippen LogP contribution in [0.5, 0.6) is 5.75 Å². The molecule has 1 aliphatic heterocycles. The molecule has 1 fully saturated rings. The van der Waals surface area contributed by atoms with Crippen LogP contribution in [-0.4, -0.2) is 20.7 Å². The molecule has 0 bridgehead atoms. The van der Waals surface area contributed by atoms with Crippen LogP contribution in [-0.2, 0) is 9.53 Å². The van der Waals surface area contributed by atoms with E-state index in [2.05, 4.69) is 26.6 Å². The highest BCUT2D eigenvalue weighted by molar-refractivity contribution is 6.77. The van der Waals surface area contributed by atoms with Crippen molar-refractivity contribution in [1.29, 1.82) is 0 Å². The number of carbonyl (C=O) groups excluding carboxylic acids is 1. The fourth-order valence-corrected chi connectivity index (χ4v) is 6.45. The summed E-state index contributed by atoms with van der Waals surface area (Å²) in [5.41, 5.74) is 1.93. The summed E-state index contributed by atoms with van der Waals surface area (Å²) in [4.78, 5) is 12.7. The SMILES string of the molecule is C=Cc1ccc(OCC(=O)OC(=Cc2ccccc2)C2(C)CC[Si](C)(C)CC2)cc1. The van der Waals surface area contributed by atoms with E-state index in [0.29, 0.717) is 5.75 Å². The Labute approximate surface area is 181 Å². The molecule has 3 nitrogen and oxygen atoms in total. The molecule has 0 N–H and O–H groups in total. The second-order valence-corrected chi connectivity index (χ2v) is 14.5. The fourth-order valence-electron chi connectivity index (χ4n) is 3.75. The molecule has 0 atom stereocenters. The number of ether oxygens (including phenoxy) is 2. The van der Waals surface area contributed by atoms with Gasteiger partial charge in [0.1, 0.15) is 11.5 Å². The molecule has 0 radical (unpaired) electrons. The first-order chi connectivity index (χ1) is 14.3. The van der Waals surface area contributed by atoms with Crippen LogP contribution < -0.4 is 4.74 Å². The first-order valence-corrected chi connectivity index (χ1v) is 14.0. The van der Waals surface area contributed by atoms with Gasteiger partial charge in [-0.1, -0.05) is 87.2 Å². The van der Waals surface area contributed by atoms with E-state index in [4.69, 9.17) is 9.47 Å². The average Bonchev–Trinajstić information content (AvgIpc) is 2.75. The van der Waals surface area contributed by atoms with E-state index in [0.717, 1.165) is 29.7 Å². The summed E-state index contributed by atoms with van der Waals surface area (Å²) in [6.07, 6.45) is 5.91. The van der Waals surface area contributed by atoms with Crippen LogP contribution in [0, 0.1) is 5.41 Å². The molecule has 2 aromatic carbocycles. The van der Waals surface area contributed by atoms with Gasteiger partial charge in [-0.25, -0.2) is 4.79 Å². The van der Waals surface area contributed by atoms with E-state index in [1.807, 2.05) is 60.7 Å². The minimum atomic E-state index is -1.12. The van der Waals surface area contributed by atoms with Crippen molar-refractivity contribution in [1.82, 2.24) is 0 Å². The quantitative estimate of drug-likeness (QED) is 0.281. The molecular formula is C26H32O3Si. The summed E-state index contributed by atoms with van der Waals surface area (Å²) < 4.78 is 11.6. The number of hydrogen-bond acceptors (Lipinski definition) is 3. The van der Waals surface area contributed by atoms with Gasteiger partial charge in [0.2, 0.25) is 0 Å². The molecule has 30 heavy (non-hydrogen) atoms. The Bertz CT molecular complexity index is 888. The highest BCUT2D eigenvalue weighted by atomic mass is 28.3. The molecule has 4 heteroatoms. The Hall–Kier alpha value is -2.59. The van der Waals surface area contributed by atoms with Crippen LogP contribution in [0.4, 0.5) is 0 Å². The van der Waals surface area contributed by atoms with Gasteiger partial charge in [-0.2, -0.15) is 0 Å². The van der Waals surface area contributed by atoms with Crippen molar-refractivity contribution in [2.24, 2.45) is 5.41 Å². The standard InChI is InChI=1S/C26H32O3Si/c1-5-21-11-13-23(14-12-21)28-20-25(27)29-24(19-22-9-7-6-8-10-22)26(2)15-17-30(3,4)18-16-26/h5-14,19H,1,15-18,20H2,2-4H3. The molecule has 0 saturated carbocycles. The third-order valence-electron chi connectivity index (χ3n) is 6.10. The Morgan fingerprint density at radius 1 is 1.03 bits per heavy atom. The zero-order valence-electron chi connectivity index (χ0n) is 18.3. The topological polar surface area (TPSA) is 35.5 Å². The predicted molar refractivity (Wildman–Crippen MR) is 127 cm³/mol. The summed E-state index contributed by atoms with van der Waals surface area (Å²) in [6, 6.07) is 20.0. The summed E-state index contributed by atoms with van der Waals surface area (Å²) in [5.74, 6) is 1.03. The average molecular weight is 421 g/mol. The van der Waals surface area contributed by atoms with Crippen molar-refractivity contribution in [3.8, 4) is 5.75 Å². The Morgan fingerprint density at radius 2 is 1.67 bits per heavy atom. The van der Waals surface area contributed by atoms with Crippen molar-refractivity contribution < 1.29 is 14.3 Å². The van der Waals surface area contributed by atoms with Gasteiger partial charge in [-0.05, 0) is 42.2 Å². The predicted octanol–water partition coefficient (Wildman–Crippen LogP) is 6.80. The van der Waals surface area contributed by atoms with Gasteiger partial charge in [0.15, 0.2) is 6.61 Å². The van der Waals surface area contributed by atoms with Crippen LogP contribution >= 0.6 is 0 Å². The second kappa shape index (κ2) is 9.48. The summed E-state index contributed by atoms with van der Waals surface area (Å²) in [7, 11) is -1.12. The second-order valence-electron chi connectivity index (χ2n) is 9.18. The number of esters is 1. The van der Waals surface area contributed by atoms with Gasteiger partial charge < -0.3 is 9.47 Å². The van der Waals surface area contributed by atoms with Crippen LogP contribution in [0.3, 0.4) is 0 Å². The maximum absolute atomic E-state index is 12.7. The zero-order valence-corrected chi connectivity index (χ0v) is 19.3. The fraction of sp³-hybridized carbons (Fsp3) is 0.346. The first-order valence-electron chi connectivity index (χ1n) is 10.6. The minimum absolute atomic E-state index is 0.115. The van der Waals surface area contributed by atoms with E-state index in [1.54, 1.807) is 6.08 Å². The lowest BCUT2D eigenvalue weighted by Crippen LogP contribution is -2.37. The van der Waals surface area contributed by atoms with Crippen molar-refractivity contribution >= 4 is 26.2 Å². The zero-order chi connectivity index (χ0) is 21.6. The van der Waals surface area contributed by atoms with E-state index in [9.17, 15) is 4.79 Å². The van der Waals surface area contributed by atoms with Crippen LogP contribution in [0.25, 0.3) is 12.2 Å². The van der Waals surface area contributed by atoms with Gasteiger partial charge in [-0.3, -0.25) is 0 Å². The highest BCUT2D eigenvalue weighted by Gasteiger charge is 2.40. The van der Waals surface area contributed by atoms with Crippen LogP contribution in [0.1, 0.15) is 30.9 Å². The summed E-state index contributed by atoms with van der Waals surface area (Å²) in [6.45, 7) is 10.8. The Morgan fingerprint density at radius 3 is 2.27 bits per heavy atom. The minimum Gasteiger partial charge on any atom is -0.482 e. The third-order valence-corrected chi connectivity index (χ3v) is 9.30. The largest absolute Gasteiger partial charge is 0.482 e. The van der Waals surface area contributed by atoms with E-state index in [1.165, 1.54) is 12.1 Å². The Balaban J connectivity index is 1.72. The Kier molecular flexibility index (Phi) is 6.98. The molecule has 2 aromatic rings. The maximum atomic E-state index is 12.7. The lowest BCUT2D eigenvalue weighted by molar-refractivity contribution is -0.143. The van der Waals surface area contributed by atoms with Gasteiger partial charge in [0.25, 0.3) is 0 Å². The molecule has 0 spiro atoms. The van der Waals surface area contributed by atoms with Crippen LogP contribution in [0.2, 0.25) is 25.2 Å².